The number of carbonyl (C=O) groups excluding carboxylic acids is 1. The van der Waals surface area contributed by atoms with Gasteiger partial charge in [-0.25, -0.2) is 0 Å². The van der Waals surface area contributed by atoms with Crippen molar-refractivity contribution in [1.82, 2.24) is 9.88 Å². The number of aromatic amines is 1. The van der Waals surface area contributed by atoms with E-state index in [0.29, 0.717) is 61.3 Å². The van der Waals surface area contributed by atoms with Crippen molar-refractivity contribution in [2.24, 2.45) is 5.92 Å². The summed E-state index contributed by atoms with van der Waals surface area (Å²) in [5.41, 5.74) is 5.65. The molecule has 1 aromatic heterocycles. The van der Waals surface area contributed by atoms with Crippen LogP contribution in [0, 0.1) is 5.92 Å². The van der Waals surface area contributed by atoms with Crippen LogP contribution in [0.5, 0.6) is 11.5 Å². The average molecular weight is 678 g/mol. The summed E-state index contributed by atoms with van der Waals surface area (Å²) in [5.74, 6) is 1.04. The summed E-state index contributed by atoms with van der Waals surface area (Å²) in [6, 6.07) is 15.0. The van der Waals surface area contributed by atoms with Gasteiger partial charge in [-0.3, -0.25) is 9.69 Å². The minimum atomic E-state index is -1.09. The van der Waals surface area contributed by atoms with E-state index in [2.05, 4.69) is 21.3 Å². The number of fused-ring (bicyclic) bond motifs is 4. The predicted molar refractivity (Wildman–Crippen MR) is 180 cm³/mol. The third-order valence-electron chi connectivity index (χ3n) is 12.5. The molecule has 2 bridgehead atoms. The van der Waals surface area contributed by atoms with Gasteiger partial charge < -0.3 is 44.2 Å². The normalized spacial score (nSPS) is 30.0. The van der Waals surface area contributed by atoms with Crippen molar-refractivity contribution in [3.05, 3.63) is 87.6 Å². The molecule has 4 N–H and O–H groups in total. The Kier molecular flexibility index (Phi) is 6.26. The van der Waals surface area contributed by atoms with Crippen LogP contribution in [0.1, 0.15) is 81.8 Å². The number of phenols is 1. The molecule has 4 aromatic rings. The molecule has 1 saturated carbocycles. The van der Waals surface area contributed by atoms with Gasteiger partial charge in [-0.15, -0.1) is 0 Å². The Morgan fingerprint density at radius 1 is 0.980 bits per heavy atom. The number of rotatable bonds is 6. The molecule has 50 heavy (non-hydrogen) atoms. The number of aliphatic hydroxyl groups is 1. The molecule has 1 amide bonds. The summed E-state index contributed by atoms with van der Waals surface area (Å²) in [4.78, 5) is 20.2. The number of nitrogens with zero attached hydrogens (tertiary/aromatic N) is 1. The minimum absolute atomic E-state index is 0.0584. The maximum absolute atomic E-state index is 13.9. The van der Waals surface area contributed by atoms with Crippen LogP contribution >= 0.6 is 0 Å². The number of hydrogen-bond acceptors (Lipinski definition) is 9. The quantitative estimate of drug-likeness (QED) is 0.225. The second kappa shape index (κ2) is 10.5. The Morgan fingerprint density at radius 2 is 1.76 bits per heavy atom. The van der Waals surface area contributed by atoms with Gasteiger partial charge in [-0.2, -0.15) is 0 Å². The van der Waals surface area contributed by atoms with Crippen molar-refractivity contribution in [2.75, 3.05) is 44.8 Å². The number of aromatic nitrogens is 1. The number of likely N-dealkylation sites (tertiary alicyclic amines) is 1. The van der Waals surface area contributed by atoms with Crippen LogP contribution in [-0.4, -0.2) is 77.2 Å². The smallest absolute Gasteiger partial charge is 0.255 e. The van der Waals surface area contributed by atoms with Crippen molar-refractivity contribution in [3.8, 4) is 11.5 Å². The molecule has 11 heteroatoms. The molecule has 4 atom stereocenters. The number of phenolic OH excluding ortho intramolecular Hbond substituents is 1. The molecule has 5 heterocycles. The van der Waals surface area contributed by atoms with E-state index in [9.17, 15) is 15.0 Å². The fourth-order valence-corrected chi connectivity index (χ4v) is 10.2. The lowest BCUT2D eigenvalue weighted by molar-refractivity contribution is -0.173. The van der Waals surface area contributed by atoms with Crippen LogP contribution in [0.15, 0.2) is 48.5 Å². The molecule has 3 aromatic carbocycles. The first-order valence-electron chi connectivity index (χ1n) is 18.0. The highest BCUT2D eigenvalue weighted by atomic mass is 16.7. The Balaban J connectivity index is 0.989. The number of hydrogen-bond donors (Lipinski definition) is 4. The third-order valence-corrected chi connectivity index (χ3v) is 12.5. The highest BCUT2D eigenvalue weighted by Crippen LogP contribution is 2.69. The first kappa shape index (κ1) is 29.7. The lowest BCUT2D eigenvalue weighted by Crippen LogP contribution is -2.74. The molecule has 4 aliphatic heterocycles. The van der Waals surface area contributed by atoms with Gasteiger partial charge in [0.2, 0.25) is 0 Å². The van der Waals surface area contributed by atoms with Crippen LogP contribution < -0.4 is 10.1 Å². The number of piperidine rings is 1. The van der Waals surface area contributed by atoms with Crippen LogP contribution in [0.25, 0.3) is 10.9 Å². The molecule has 11 rings (SSSR count). The topological polar surface area (TPSA) is 135 Å². The van der Waals surface area contributed by atoms with Crippen LogP contribution in [0.3, 0.4) is 0 Å². The summed E-state index contributed by atoms with van der Waals surface area (Å²) in [6.07, 6.45) is 2.79. The van der Waals surface area contributed by atoms with E-state index in [1.165, 1.54) is 12.8 Å². The number of aromatic hydroxyl groups is 1. The Bertz CT molecular complexity index is 2080. The summed E-state index contributed by atoms with van der Waals surface area (Å²) >= 11 is 0. The highest BCUT2D eigenvalue weighted by Gasteiger charge is 2.73. The molecule has 3 aliphatic carbocycles. The van der Waals surface area contributed by atoms with E-state index < -0.39 is 29.7 Å². The molecule has 258 valence electrons. The van der Waals surface area contributed by atoms with Gasteiger partial charge in [0.05, 0.1) is 54.3 Å². The van der Waals surface area contributed by atoms with E-state index >= 15 is 0 Å². The lowest BCUT2D eigenvalue weighted by Gasteiger charge is -2.62. The number of H-pyrrole nitrogens is 1. The van der Waals surface area contributed by atoms with Crippen molar-refractivity contribution >= 4 is 22.5 Å². The van der Waals surface area contributed by atoms with Crippen LogP contribution in [-0.2, 0) is 37.2 Å². The van der Waals surface area contributed by atoms with Crippen molar-refractivity contribution in [1.29, 1.82) is 0 Å². The van der Waals surface area contributed by atoms with Gasteiger partial charge in [-0.05, 0) is 73.5 Å². The van der Waals surface area contributed by atoms with Crippen molar-refractivity contribution in [3.63, 3.8) is 0 Å². The SMILES string of the molecule is O=C(Nc1cccc2c3c([nH]c12)[C@@H]1Oc2c(O)ccc4c2[C@@]12CCN(CC1CC1)[C@@H](C4)[C@]2(O)C3)c1ccc(C2OCCO2)c(C2OCCO2)c1. The van der Waals surface area contributed by atoms with Gasteiger partial charge >= 0.3 is 0 Å². The number of ether oxygens (including phenoxy) is 5. The monoisotopic (exact) mass is 677 g/mol. The zero-order chi connectivity index (χ0) is 33.4. The number of benzene rings is 3. The minimum Gasteiger partial charge on any atom is -0.504 e. The molecular weight excluding hydrogens is 638 g/mol. The molecule has 0 unspecified atom stereocenters. The molecule has 11 nitrogen and oxygen atoms in total. The van der Waals surface area contributed by atoms with Gasteiger partial charge in [0.1, 0.15) is 0 Å². The summed E-state index contributed by atoms with van der Waals surface area (Å²) in [7, 11) is 0. The number of nitrogens with one attached hydrogen (secondary N) is 2. The lowest BCUT2D eigenvalue weighted by atomic mass is 9.49. The number of carbonyl (C=O) groups is 1. The molecule has 0 radical (unpaired) electrons. The van der Waals surface area contributed by atoms with Crippen molar-refractivity contribution < 1.29 is 38.7 Å². The Hall–Kier alpha value is -3.97. The average Bonchev–Trinajstić information content (AvgIpc) is 3.56. The first-order chi connectivity index (χ1) is 24.4. The maximum Gasteiger partial charge on any atom is 0.255 e. The van der Waals surface area contributed by atoms with Crippen LogP contribution in [0.2, 0.25) is 0 Å². The number of para-hydroxylation sites is 1. The van der Waals surface area contributed by atoms with Gasteiger partial charge in [0.25, 0.3) is 5.91 Å². The van der Waals surface area contributed by atoms with Gasteiger partial charge in [0.15, 0.2) is 30.2 Å². The molecule has 1 spiro atoms. The first-order valence-corrected chi connectivity index (χ1v) is 18.0. The van der Waals surface area contributed by atoms with Crippen molar-refractivity contribution in [2.45, 2.75) is 67.8 Å². The number of anilines is 1. The second-order valence-electron chi connectivity index (χ2n) is 15.1. The van der Waals surface area contributed by atoms with Crippen LogP contribution in [0.4, 0.5) is 5.69 Å². The van der Waals surface area contributed by atoms with Gasteiger partial charge in [0, 0.05) is 46.6 Å². The fourth-order valence-electron chi connectivity index (χ4n) is 10.2. The van der Waals surface area contributed by atoms with E-state index in [1.54, 1.807) is 18.2 Å². The van der Waals surface area contributed by atoms with E-state index in [-0.39, 0.29) is 17.7 Å². The van der Waals surface area contributed by atoms with Gasteiger partial charge in [-0.1, -0.05) is 24.3 Å². The molecule has 4 fully saturated rings. The molecule has 7 aliphatic rings. The third kappa shape index (κ3) is 3.99. The highest BCUT2D eigenvalue weighted by molar-refractivity contribution is 6.09. The fraction of sp³-hybridized carbons (Fsp3) is 0.462. The number of amides is 1. The molecular formula is C39H39N3O8. The Morgan fingerprint density at radius 3 is 2.54 bits per heavy atom. The summed E-state index contributed by atoms with van der Waals surface area (Å²) in [6.45, 7) is 3.83. The van der Waals surface area contributed by atoms with E-state index in [0.717, 1.165) is 64.8 Å². The summed E-state index contributed by atoms with van der Waals surface area (Å²) < 4.78 is 30.0. The standard InChI is InChI=1S/C39H39N3O8/c43-28-9-7-21-17-29-39(45)18-26-23-2-1-3-27(40-35(44)22-6-8-24(36-46-12-13-47-36)25(16-22)37-48-14-15-49-37)31(23)41-32(26)34-38(39,30(21)33(28)50-34)10-11-42(29)19-20-4-5-20/h1-3,6-9,16,20,29,34,36-37,41,43,45H,4-5,10-15,17-19H2,(H,40,44)/t29-,34-,38-,39+/m0/s1. The maximum atomic E-state index is 13.9. The predicted octanol–water partition coefficient (Wildman–Crippen LogP) is 4.92. The Labute approximate surface area is 288 Å². The van der Waals surface area contributed by atoms with E-state index in [1.807, 2.05) is 24.3 Å². The zero-order valence-electron chi connectivity index (χ0n) is 27.6. The van der Waals surface area contributed by atoms with E-state index in [4.69, 9.17) is 23.7 Å². The largest absolute Gasteiger partial charge is 0.504 e. The molecule has 3 saturated heterocycles. The summed E-state index contributed by atoms with van der Waals surface area (Å²) in [5, 5.41) is 28.4. The zero-order valence-corrected chi connectivity index (χ0v) is 27.6. The second-order valence-corrected chi connectivity index (χ2v) is 15.1.